The van der Waals surface area contributed by atoms with Gasteiger partial charge in [0.1, 0.15) is 66.5 Å². The summed E-state index contributed by atoms with van der Waals surface area (Å²) in [6, 6.07) is 11.3. The average molecular weight is 1930 g/mol. The van der Waals surface area contributed by atoms with E-state index in [2.05, 4.69) is 110 Å². The van der Waals surface area contributed by atoms with Crippen molar-refractivity contribution in [1.82, 2.24) is 110 Å². The molecule has 139 heavy (non-hydrogen) atoms. The summed E-state index contributed by atoms with van der Waals surface area (Å²) in [5.41, 5.74) is 50.8. The lowest BCUT2D eigenvalue weighted by molar-refractivity contribution is -0.137. The summed E-state index contributed by atoms with van der Waals surface area (Å²) in [6.07, 6.45) is 6.65. The number of aromatic nitrogens is 4. The average Bonchev–Trinajstić information content (AvgIpc) is 1.71. The Bertz CT molecular complexity index is 5590. The van der Waals surface area contributed by atoms with Crippen LogP contribution < -0.4 is 136 Å². The minimum absolute atomic E-state index is 0.000105. The Balaban J connectivity index is 1.10. The van der Waals surface area contributed by atoms with Crippen LogP contribution in [0, 0.1) is 44.3 Å². The highest BCUT2D eigenvalue weighted by Crippen LogP contribution is 2.26. The monoisotopic (exact) mass is 1920 g/mol. The van der Waals surface area contributed by atoms with Gasteiger partial charge in [-0.05, 0) is 135 Å². The number of H-pyrrole nitrogens is 4. The molecule has 0 radical (unpaired) electrons. The number of carbonyl (C=O) groups excluding carboxylic acids is 12. The largest absolute Gasteiger partial charge is 0.370 e. The van der Waals surface area contributed by atoms with Crippen molar-refractivity contribution in [2.24, 2.45) is 57.7 Å². The second kappa shape index (κ2) is 54.7. The van der Waals surface area contributed by atoms with Crippen molar-refractivity contribution in [3.8, 4) is 0 Å². The summed E-state index contributed by atoms with van der Waals surface area (Å²) in [5.74, 6) is -14.1. The van der Waals surface area contributed by atoms with Gasteiger partial charge in [-0.25, -0.2) is 0 Å². The third-order valence-corrected chi connectivity index (χ3v) is 24.0. The van der Waals surface area contributed by atoms with E-state index in [9.17, 15) is 19.2 Å². The van der Waals surface area contributed by atoms with Crippen molar-refractivity contribution in [3.05, 3.63) is 144 Å². The van der Waals surface area contributed by atoms with E-state index in [0.29, 0.717) is 67.8 Å². The summed E-state index contributed by atoms with van der Waals surface area (Å²) in [5, 5.41) is 96.2. The fourth-order valence-electron chi connectivity index (χ4n) is 15.9. The van der Waals surface area contributed by atoms with Gasteiger partial charge in [-0.15, -0.1) is 0 Å². The first kappa shape index (κ1) is 109. The first-order valence-electron chi connectivity index (χ1n) is 46.5. The zero-order chi connectivity index (χ0) is 101. The maximum Gasteiger partial charge on any atom is 0.243 e. The van der Waals surface area contributed by atoms with Crippen LogP contribution in [-0.4, -0.2) is 238 Å². The van der Waals surface area contributed by atoms with Gasteiger partial charge in [0, 0.05) is 133 Å². The number of aromatic amines is 4. The maximum absolute atomic E-state index is 15.7. The van der Waals surface area contributed by atoms with Crippen LogP contribution in [0.5, 0.6) is 0 Å². The van der Waals surface area contributed by atoms with E-state index in [1.807, 2.05) is 24.3 Å². The summed E-state index contributed by atoms with van der Waals surface area (Å²) in [7, 11) is 0. The second-order valence-corrected chi connectivity index (χ2v) is 34.5. The molecule has 0 aliphatic carbocycles. The van der Waals surface area contributed by atoms with E-state index in [1.54, 1.807) is 125 Å². The number of hydrogen-bond acceptors (Lipinski definition) is 19. The van der Waals surface area contributed by atoms with E-state index in [4.69, 9.17) is 78.3 Å². The zero-order valence-electron chi connectivity index (χ0n) is 78.6. The van der Waals surface area contributed by atoms with Crippen LogP contribution >= 0.6 is 0 Å². The zero-order valence-corrected chi connectivity index (χ0v) is 78.6. The molecule has 47 heteroatoms. The number of amides is 12. The predicted octanol–water partition coefficient (Wildman–Crippen LogP) is -2.30. The summed E-state index contributed by atoms with van der Waals surface area (Å²) < 4.78 is 0. The molecule has 0 saturated carbocycles. The molecule has 0 aliphatic heterocycles. The molecular formula is C92H137N35O12. The number of carbonyl (C=O) groups is 12. The van der Waals surface area contributed by atoms with Crippen molar-refractivity contribution < 1.29 is 57.5 Å². The topological polar surface area (TPSA) is 824 Å². The highest BCUT2D eigenvalue weighted by molar-refractivity contribution is 6.02. The quantitative estimate of drug-likeness (QED) is 0.0108. The van der Waals surface area contributed by atoms with Crippen molar-refractivity contribution in [2.45, 2.75) is 216 Å². The number of hydrogen-bond donors (Lipinski definition) is 35. The van der Waals surface area contributed by atoms with Gasteiger partial charge in [-0.2, -0.15) is 0 Å². The molecule has 752 valence electrons. The summed E-state index contributed by atoms with van der Waals surface area (Å²) >= 11 is 0. The Morgan fingerprint density at radius 1 is 0.273 bits per heavy atom. The fourth-order valence-corrected chi connectivity index (χ4v) is 15.9. The van der Waals surface area contributed by atoms with Gasteiger partial charge in [0.15, 0.2) is 35.8 Å². The molecule has 4 aromatic carbocycles. The first-order chi connectivity index (χ1) is 66.4. The van der Waals surface area contributed by atoms with E-state index >= 15 is 38.4 Å². The number of guanidine groups is 6. The van der Waals surface area contributed by atoms with Gasteiger partial charge in [0.2, 0.25) is 70.9 Å². The van der Waals surface area contributed by atoms with Gasteiger partial charge in [-0.1, -0.05) is 113 Å². The number of nitrogens with two attached hydrogens (primary N) is 8. The molecule has 8 rings (SSSR count). The van der Waals surface area contributed by atoms with Crippen LogP contribution in [0.2, 0.25) is 0 Å². The highest BCUT2D eigenvalue weighted by atomic mass is 16.2. The summed E-state index contributed by atoms with van der Waals surface area (Å²) in [4.78, 5) is 193. The van der Waals surface area contributed by atoms with Gasteiger partial charge in [0.25, 0.3) is 0 Å². The molecule has 14 atom stereocenters. The lowest BCUT2D eigenvalue weighted by atomic mass is 9.96. The number of para-hydroxylation sites is 4. The minimum Gasteiger partial charge on any atom is -0.370 e. The Labute approximate surface area is 803 Å². The lowest BCUT2D eigenvalue weighted by Gasteiger charge is -2.30. The van der Waals surface area contributed by atoms with Gasteiger partial charge >= 0.3 is 0 Å². The lowest BCUT2D eigenvalue weighted by Crippen LogP contribution is -2.62. The standard InChI is InChI=1S/C92H137N35O12/c1-5-49(3)73(126-83(136)71(43-53-47-115-62-28-13-9-23-57(53)62)122-76(129)59(93)25-15-35-107-87(95)96)85(138)120-67(33-19-39-111-91(103)104)78(131)118-66(32-18-38-110-90(101)102)79(132)124-72(44-54-48-116-63-29-14-10-24-58(54)63)84(137)127-74(50(4)6-2)86(139)121-68(34-20-40-112-92(105)106)80(133)123-70(42-52-46-114-61-27-12-8-22-56(52)61)82(135)125-69(41-51-45-113-60-26-11-7-21-55(51)60)81(134)119-65(31-17-37-109-89(99)100)77(130)117-64(75(94)128)30-16-36-108-88(97)98/h7-14,21-24,26-29,45-50,59,64-74,113-116H,5-6,15-20,25,30-44,93H2,1-4H3,(H2,94,128)(H,117,130)(H,118,131)(H,119,134)(H,120,138)(H,121,139)(H,122,129)(H,123,133)(H,124,132)(H,125,135)(H,126,136)(H,127,137)(H4,95,96,107)(H4,97,98,108)(H4,99,100,109)(H4,101,102,110)(H4,103,104,111)(H4,105,106,112)/t49-,50-,59-,64-,65-,66-,67-,68-,69-,70-,71-,72-,73-,74-/m0/s1. The Morgan fingerprint density at radius 3 is 0.719 bits per heavy atom. The van der Waals surface area contributed by atoms with Gasteiger partial charge < -0.3 is 156 Å². The molecule has 4 heterocycles. The minimum atomic E-state index is -1.60. The molecule has 4 aromatic heterocycles. The molecule has 12 amide bonds. The normalized spacial score (nSPS) is 14.2. The predicted molar refractivity (Wildman–Crippen MR) is 530 cm³/mol. The Morgan fingerprint density at radius 2 is 0.475 bits per heavy atom. The third-order valence-electron chi connectivity index (χ3n) is 24.0. The molecule has 0 spiro atoms. The molecule has 0 unspecified atom stereocenters. The first-order valence-corrected chi connectivity index (χ1v) is 46.5. The molecular weight excluding hydrogens is 1790 g/mol. The smallest absolute Gasteiger partial charge is 0.243 e. The van der Waals surface area contributed by atoms with Gasteiger partial charge in [0.05, 0.1) is 6.04 Å². The van der Waals surface area contributed by atoms with E-state index in [0.717, 1.165) is 10.9 Å². The SMILES string of the molecule is CC[C@H](C)[C@H](NC(=O)[C@H](Cc1c[nH]c2ccccc12)NC(=O)[C@H](CCCNC(=N)N)NC(=O)[C@H](CCCNC(=N)N)NC(=O)[C@@H](NC(=O)[C@H](Cc1c[nH]c2ccccc12)NC(=O)[C@@H](N)CCCNC(=N)N)[C@@H](C)CC)C(=O)N[C@@H](CCCNC(=N)N)C(=O)N[C@@H](Cc1c[nH]c2ccccc12)C(=O)N[C@@H](Cc1c[nH]c2ccccc12)C(=O)N[C@@H](CCCNC(=N)N)C(=O)N[C@@H](CCCNC(=N)N)C(N)=O. The van der Waals surface area contributed by atoms with Crippen LogP contribution in [0.4, 0.5) is 0 Å². The molecule has 0 saturated heterocycles. The molecule has 47 nitrogen and oxygen atoms in total. The molecule has 0 aliphatic rings. The number of primary amides is 1. The van der Waals surface area contributed by atoms with Crippen LogP contribution in [0.15, 0.2) is 122 Å². The number of benzene rings is 4. The second-order valence-electron chi connectivity index (χ2n) is 34.5. The molecule has 0 bridgehead atoms. The molecule has 43 N–H and O–H groups in total. The van der Waals surface area contributed by atoms with E-state index in [-0.39, 0.29) is 160 Å². The number of rotatable bonds is 59. The fraction of sp³-hybridized carbons (Fsp3) is 0.457. The Kier molecular flexibility index (Phi) is 42.7. The van der Waals surface area contributed by atoms with Gasteiger partial charge in [-0.3, -0.25) is 90.0 Å². The van der Waals surface area contributed by atoms with Crippen LogP contribution in [0.25, 0.3) is 43.6 Å². The third kappa shape index (κ3) is 34.5. The molecule has 8 aromatic rings. The highest BCUT2D eigenvalue weighted by Gasteiger charge is 2.40. The Hall–Kier alpha value is -15.7. The van der Waals surface area contributed by atoms with Crippen LogP contribution in [-0.2, 0) is 83.2 Å². The van der Waals surface area contributed by atoms with E-state index < -0.39 is 173 Å². The van der Waals surface area contributed by atoms with E-state index in [1.165, 1.54) is 0 Å². The summed E-state index contributed by atoms with van der Waals surface area (Å²) in [6.45, 7) is 7.37. The van der Waals surface area contributed by atoms with Crippen LogP contribution in [0.3, 0.4) is 0 Å². The van der Waals surface area contributed by atoms with Crippen molar-refractivity contribution in [2.75, 3.05) is 39.3 Å². The van der Waals surface area contributed by atoms with Crippen molar-refractivity contribution >= 4 is 150 Å². The maximum atomic E-state index is 15.7. The van der Waals surface area contributed by atoms with Crippen LogP contribution in [0.1, 0.15) is 140 Å². The van der Waals surface area contributed by atoms with Crippen molar-refractivity contribution in [1.29, 1.82) is 32.5 Å². The van der Waals surface area contributed by atoms with Crippen molar-refractivity contribution in [3.63, 3.8) is 0 Å². The number of nitrogens with one attached hydrogen (secondary N) is 27. The molecule has 0 fully saturated rings. The number of fused-ring (bicyclic) bond motifs is 4.